The van der Waals surface area contributed by atoms with Crippen LogP contribution in [0.15, 0.2) is 70.9 Å². The van der Waals surface area contributed by atoms with Crippen LogP contribution in [0.2, 0.25) is 0 Å². The van der Waals surface area contributed by atoms with Gasteiger partial charge in [0.15, 0.2) is 5.56 Å². The number of benzene rings is 2. The van der Waals surface area contributed by atoms with Gasteiger partial charge in [0, 0.05) is 0 Å². The minimum atomic E-state index is -1.03. The van der Waals surface area contributed by atoms with Crippen LogP contribution in [0, 0.1) is 11.3 Å². The SMILES string of the molecule is COC(=O)C(C)(C)C1C(c2ccccc2)=NN(C(=O)OC(C)Cl)N=C1c1ccccc1. The van der Waals surface area contributed by atoms with Gasteiger partial charge in [-0.25, -0.2) is 4.79 Å². The highest BCUT2D eigenvalue weighted by molar-refractivity contribution is 6.23. The number of nitrogens with zero attached hydrogens (tertiary/aromatic N) is 3. The van der Waals surface area contributed by atoms with E-state index in [9.17, 15) is 9.59 Å². The monoisotopic (exact) mass is 441 g/mol. The number of esters is 1. The zero-order chi connectivity index (χ0) is 22.6. The third-order valence-electron chi connectivity index (χ3n) is 4.95. The van der Waals surface area contributed by atoms with Crippen molar-refractivity contribution in [2.45, 2.75) is 26.3 Å². The number of methoxy groups -OCH3 is 1. The van der Waals surface area contributed by atoms with E-state index in [4.69, 9.17) is 21.1 Å². The number of alkyl halides is 1. The molecule has 2 aromatic carbocycles. The molecule has 7 nitrogen and oxygen atoms in total. The van der Waals surface area contributed by atoms with Gasteiger partial charge in [-0.2, -0.15) is 0 Å². The summed E-state index contributed by atoms with van der Waals surface area (Å²) in [6.07, 6.45) is -0.821. The Balaban J connectivity index is 2.23. The predicted octanol–water partition coefficient (Wildman–Crippen LogP) is 4.65. The summed E-state index contributed by atoms with van der Waals surface area (Å²) in [4.78, 5) is 25.4. The second kappa shape index (κ2) is 9.31. The Morgan fingerprint density at radius 3 is 1.81 bits per heavy atom. The molecule has 0 radical (unpaired) electrons. The fraction of sp³-hybridized carbons (Fsp3) is 0.304. The van der Waals surface area contributed by atoms with E-state index >= 15 is 0 Å². The van der Waals surface area contributed by atoms with E-state index in [0.29, 0.717) is 11.4 Å². The van der Waals surface area contributed by atoms with Crippen molar-refractivity contribution in [3.05, 3.63) is 71.8 Å². The lowest BCUT2D eigenvalue weighted by Crippen LogP contribution is -2.47. The molecule has 2 aromatic rings. The van der Waals surface area contributed by atoms with Gasteiger partial charge in [0.25, 0.3) is 0 Å². The topological polar surface area (TPSA) is 80.6 Å². The number of hydrogen-bond acceptors (Lipinski definition) is 6. The number of halogens is 1. The van der Waals surface area contributed by atoms with Gasteiger partial charge in [-0.05, 0) is 31.9 Å². The maximum Gasteiger partial charge on any atom is 0.453 e. The van der Waals surface area contributed by atoms with E-state index in [1.807, 2.05) is 60.7 Å². The van der Waals surface area contributed by atoms with Gasteiger partial charge in [0.05, 0.1) is 29.9 Å². The minimum absolute atomic E-state index is 0.421. The van der Waals surface area contributed by atoms with E-state index in [1.54, 1.807) is 13.8 Å². The van der Waals surface area contributed by atoms with Crippen LogP contribution in [0.5, 0.6) is 0 Å². The molecule has 0 N–H and O–H groups in total. The highest BCUT2D eigenvalue weighted by atomic mass is 35.5. The molecule has 1 aliphatic rings. The number of hydrogen-bond donors (Lipinski definition) is 0. The van der Waals surface area contributed by atoms with Gasteiger partial charge >= 0.3 is 12.1 Å². The third kappa shape index (κ3) is 4.77. The van der Waals surface area contributed by atoms with Gasteiger partial charge in [0.2, 0.25) is 0 Å². The molecule has 0 fully saturated rings. The molecule has 1 aliphatic heterocycles. The van der Waals surface area contributed by atoms with Crippen molar-refractivity contribution >= 4 is 35.1 Å². The summed E-state index contributed by atoms with van der Waals surface area (Å²) in [6, 6.07) is 18.6. The fourth-order valence-electron chi connectivity index (χ4n) is 3.47. The summed E-state index contributed by atoms with van der Waals surface area (Å²) in [6.45, 7) is 5.07. The molecular weight excluding hydrogens is 418 g/mol. The zero-order valence-electron chi connectivity index (χ0n) is 17.8. The van der Waals surface area contributed by atoms with Crippen molar-refractivity contribution in [3.63, 3.8) is 0 Å². The van der Waals surface area contributed by atoms with Crippen molar-refractivity contribution in [1.82, 2.24) is 5.12 Å². The highest BCUT2D eigenvalue weighted by Gasteiger charge is 2.47. The lowest BCUT2D eigenvalue weighted by atomic mass is 9.70. The van der Waals surface area contributed by atoms with Gasteiger partial charge in [-0.15, -0.1) is 10.2 Å². The Hall–Kier alpha value is -3.19. The molecule has 0 bridgehead atoms. The molecule has 0 saturated heterocycles. The Morgan fingerprint density at radius 1 is 0.968 bits per heavy atom. The molecule has 8 heteroatoms. The van der Waals surface area contributed by atoms with Crippen LogP contribution in [0.3, 0.4) is 0 Å². The summed E-state index contributed by atoms with van der Waals surface area (Å²) in [5.74, 6) is -1.02. The number of carbonyl (C=O) groups excluding carboxylic acids is 2. The lowest BCUT2D eigenvalue weighted by molar-refractivity contribution is -0.151. The Bertz CT molecular complexity index is 946. The van der Waals surface area contributed by atoms with Gasteiger partial charge < -0.3 is 9.47 Å². The van der Waals surface area contributed by atoms with Crippen LogP contribution >= 0.6 is 11.6 Å². The molecular formula is C23H24ClN3O4. The van der Waals surface area contributed by atoms with Crippen LogP contribution in [-0.2, 0) is 14.3 Å². The Kier molecular flexibility index (Phi) is 6.75. The lowest BCUT2D eigenvalue weighted by Gasteiger charge is -2.36. The van der Waals surface area contributed by atoms with Crippen LogP contribution < -0.4 is 0 Å². The summed E-state index contributed by atoms with van der Waals surface area (Å²) in [5.41, 5.74) is 0.568. The standard InChI is InChI=1S/C23H24ClN3O4/c1-15(24)31-22(29)27-25-19(16-11-7-5-8-12-16)18(23(2,3)21(28)30-4)20(26-27)17-13-9-6-10-14-17/h5-15,18H,1-4H3. The zero-order valence-corrected chi connectivity index (χ0v) is 18.5. The highest BCUT2D eigenvalue weighted by Crippen LogP contribution is 2.37. The average molecular weight is 442 g/mol. The van der Waals surface area contributed by atoms with Crippen molar-refractivity contribution < 1.29 is 19.1 Å². The molecule has 0 aromatic heterocycles. The number of amides is 1. The first-order chi connectivity index (χ1) is 14.8. The van der Waals surface area contributed by atoms with Crippen molar-refractivity contribution in [2.75, 3.05) is 7.11 Å². The van der Waals surface area contributed by atoms with Crippen molar-refractivity contribution in [3.8, 4) is 0 Å². The summed E-state index contributed by atoms with van der Waals surface area (Å²) in [5, 5.41) is 9.82. The molecule has 0 spiro atoms. The number of carbonyl (C=O) groups is 2. The molecule has 0 saturated carbocycles. The normalized spacial score (nSPS) is 15.6. The van der Waals surface area contributed by atoms with Gasteiger partial charge in [-0.3, -0.25) is 4.79 Å². The van der Waals surface area contributed by atoms with E-state index in [0.717, 1.165) is 16.2 Å². The Labute approximate surface area is 186 Å². The summed E-state index contributed by atoms with van der Waals surface area (Å²) >= 11 is 5.83. The second-order valence-electron chi connectivity index (χ2n) is 7.57. The van der Waals surface area contributed by atoms with E-state index in [-0.39, 0.29) is 0 Å². The second-order valence-corrected chi connectivity index (χ2v) is 8.18. The largest absolute Gasteiger partial charge is 0.469 e. The van der Waals surface area contributed by atoms with Crippen LogP contribution in [0.25, 0.3) is 0 Å². The smallest absolute Gasteiger partial charge is 0.453 e. The minimum Gasteiger partial charge on any atom is -0.469 e. The summed E-state index contributed by atoms with van der Waals surface area (Å²) < 4.78 is 10.2. The van der Waals surface area contributed by atoms with Crippen molar-refractivity contribution in [2.24, 2.45) is 21.5 Å². The predicted molar refractivity (Wildman–Crippen MR) is 119 cm³/mol. The molecule has 3 rings (SSSR count). The fourth-order valence-corrected chi connectivity index (χ4v) is 3.55. The maximum absolute atomic E-state index is 12.8. The van der Waals surface area contributed by atoms with E-state index in [1.165, 1.54) is 14.0 Å². The molecule has 0 aliphatic carbocycles. The molecule has 1 atom stereocenters. The van der Waals surface area contributed by atoms with Gasteiger partial charge in [-0.1, -0.05) is 77.4 Å². The first kappa shape index (κ1) is 22.5. The number of rotatable bonds is 5. The van der Waals surface area contributed by atoms with Crippen LogP contribution in [-0.4, -0.2) is 41.3 Å². The quantitative estimate of drug-likeness (QED) is 0.499. The van der Waals surface area contributed by atoms with E-state index in [2.05, 4.69) is 10.2 Å². The first-order valence-electron chi connectivity index (χ1n) is 9.76. The molecule has 1 heterocycles. The van der Waals surface area contributed by atoms with Crippen molar-refractivity contribution in [1.29, 1.82) is 0 Å². The van der Waals surface area contributed by atoms with Gasteiger partial charge in [0.1, 0.15) is 0 Å². The van der Waals surface area contributed by atoms with E-state index < -0.39 is 29.0 Å². The number of hydrazone groups is 2. The maximum atomic E-state index is 12.8. The third-order valence-corrected chi connectivity index (χ3v) is 5.04. The molecule has 1 amide bonds. The molecule has 162 valence electrons. The molecule has 31 heavy (non-hydrogen) atoms. The number of ether oxygens (including phenoxy) is 2. The van der Waals surface area contributed by atoms with Crippen LogP contribution in [0.4, 0.5) is 4.79 Å². The first-order valence-corrected chi connectivity index (χ1v) is 10.2. The Morgan fingerprint density at radius 2 is 1.42 bits per heavy atom. The van der Waals surface area contributed by atoms with Crippen LogP contribution in [0.1, 0.15) is 31.9 Å². The molecule has 1 unspecified atom stereocenters. The summed E-state index contributed by atoms with van der Waals surface area (Å²) in [7, 11) is 1.34. The average Bonchev–Trinajstić information content (AvgIpc) is 2.78.